The molecule has 2 atom stereocenters. The van der Waals surface area contributed by atoms with Gasteiger partial charge in [-0.25, -0.2) is 4.58 Å². The lowest BCUT2D eigenvalue weighted by atomic mass is 9.58. The molecule has 8 rings (SSSR count). The van der Waals surface area contributed by atoms with Crippen LogP contribution in [0.4, 0.5) is 0 Å². The van der Waals surface area contributed by atoms with E-state index >= 15 is 0 Å². The van der Waals surface area contributed by atoms with Gasteiger partial charge in [-0.2, -0.15) is 4.57 Å². The highest BCUT2D eigenvalue weighted by atomic mass is 16.3. The summed E-state index contributed by atoms with van der Waals surface area (Å²) in [6.45, 7) is 55.7. The van der Waals surface area contributed by atoms with Gasteiger partial charge in [0, 0.05) is 65.2 Å². The van der Waals surface area contributed by atoms with Crippen LogP contribution in [0, 0.1) is 17.3 Å². The summed E-state index contributed by atoms with van der Waals surface area (Å²) in [5, 5.41) is 5.19. The van der Waals surface area contributed by atoms with Crippen LogP contribution in [0.25, 0.3) is 44.0 Å². The lowest BCUT2D eigenvalue weighted by molar-refractivity contribution is -0.759. The van der Waals surface area contributed by atoms with E-state index in [9.17, 15) is 0 Å². The third-order valence-electron chi connectivity index (χ3n) is 18.2. The molecule has 0 saturated carbocycles. The largest absolute Gasteiger partial charge is 0.449 e. The van der Waals surface area contributed by atoms with Crippen LogP contribution in [-0.2, 0) is 33.6 Å². The van der Waals surface area contributed by atoms with Crippen molar-refractivity contribution in [1.82, 2.24) is 4.90 Å². The molecule has 69 heavy (non-hydrogen) atoms. The molecule has 0 N–H and O–H groups in total. The quantitative estimate of drug-likeness (QED) is 0.109. The maximum atomic E-state index is 7.84. The smallest absolute Gasteiger partial charge is 0.257 e. The Morgan fingerprint density at radius 3 is 1.86 bits per heavy atom. The number of aromatic nitrogens is 1. The fourth-order valence-corrected chi connectivity index (χ4v) is 14.0. The van der Waals surface area contributed by atoms with Gasteiger partial charge in [0.25, 0.3) is 5.69 Å². The number of benzene rings is 3. The number of rotatable bonds is 9. The molecular weight excluding hydrogens is 839 g/mol. The second-order valence-electron chi connectivity index (χ2n) is 26.7. The highest BCUT2D eigenvalue weighted by Crippen LogP contribution is 2.57. The Morgan fingerprint density at radius 2 is 1.30 bits per heavy atom. The average Bonchev–Trinajstić information content (AvgIpc) is 3.63. The summed E-state index contributed by atoms with van der Waals surface area (Å²) >= 11 is 0. The minimum absolute atomic E-state index is 0.0373. The Morgan fingerprint density at radius 1 is 0.710 bits per heavy atom. The van der Waals surface area contributed by atoms with Gasteiger partial charge in [0.15, 0.2) is 18.5 Å². The Balaban J connectivity index is 1.61. The SMILES string of the molecule is C=C1CN(C(C)C)C(C(CC)CC)=CC(C(CC)CC)=[N+](C(C)C)CC2(C)c3c(cc(C(C)(C)C)c4ccccc34)-c3c4oc5c6c(c(CC(C)(C)C)cc5c4cc[n+]3C12C)C(C)(C)CCC6(C)C. The average molecular weight is 932 g/mol. The van der Waals surface area contributed by atoms with E-state index in [0.717, 1.165) is 62.8 Å². The van der Waals surface area contributed by atoms with Crippen LogP contribution < -0.4 is 4.57 Å². The molecule has 0 fully saturated rings. The molecule has 4 heteroatoms. The molecule has 0 saturated heterocycles. The first kappa shape index (κ1) is 51.2. The van der Waals surface area contributed by atoms with E-state index in [1.165, 1.54) is 84.0 Å². The Kier molecular flexibility index (Phi) is 13.0. The molecule has 1 aliphatic carbocycles. The van der Waals surface area contributed by atoms with Crippen molar-refractivity contribution in [1.29, 1.82) is 0 Å². The number of hydrogen-bond donors (Lipinski definition) is 0. The molecule has 0 radical (unpaired) electrons. The topological polar surface area (TPSA) is 23.3 Å². The van der Waals surface area contributed by atoms with Crippen molar-refractivity contribution in [3.8, 4) is 11.3 Å². The van der Waals surface area contributed by atoms with Crippen LogP contribution in [-0.4, -0.2) is 40.4 Å². The lowest BCUT2D eigenvalue weighted by Gasteiger charge is -2.49. The van der Waals surface area contributed by atoms with Gasteiger partial charge in [-0.15, -0.1) is 0 Å². The fraction of sp³-hybridized carbons (Fsp3) is 0.600. The second kappa shape index (κ2) is 17.5. The molecule has 4 nitrogen and oxygen atoms in total. The molecule has 0 spiro atoms. The van der Waals surface area contributed by atoms with Gasteiger partial charge in [-0.3, -0.25) is 0 Å². The molecule has 2 aromatic heterocycles. The fourth-order valence-electron chi connectivity index (χ4n) is 14.0. The molecule has 2 unspecified atom stereocenters. The predicted octanol–water partition coefficient (Wildman–Crippen LogP) is 16.8. The lowest BCUT2D eigenvalue weighted by Crippen LogP contribution is -2.72. The molecule has 3 aliphatic rings. The van der Waals surface area contributed by atoms with E-state index in [0.29, 0.717) is 11.8 Å². The first-order valence-electron chi connectivity index (χ1n) is 27.5. The summed E-state index contributed by atoms with van der Waals surface area (Å²) in [6, 6.07) is 17.5. The van der Waals surface area contributed by atoms with Crippen molar-refractivity contribution < 1.29 is 13.6 Å². The maximum Gasteiger partial charge on any atom is 0.257 e. The number of pyridine rings is 1. The molecule has 372 valence electrons. The van der Waals surface area contributed by atoms with Crippen molar-refractivity contribution >= 4 is 38.4 Å². The number of nitrogens with zero attached hydrogens (tertiary/aromatic N) is 3. The first-order chi connectivity index (χ1) is 32.1. The molecule has 4 heterocycles. The minimum atomic E-state index is -0.581. The zero-order valence-corrected chi connectivity index (χ0v) is 47.3. The highest BCUT2D eigenvalue weighted by Gasteiger charge is 2.64. The molecular formula is C65H93N3O+2. The Hall–Kier alpha value is -4.18. The minimum Gasteiger partial charge on any atom is -0.449 e. The van der Waals surface area contributed by atoms with E-state index in [1.54, 1.807) is 0 Å². The summed E-state index contributed by atoms with van der Waals surface area (Å²) < 4.78 is 13.4. The highest BCUT2D eigenvalue weighted by molar-refractivity contribution is 6.11. The van der Waals surface area contributed by atoms with Crippen LogP contribution in [0.3, 0.4) is 0 Å². The number of allylic oxidation sites excluding steroid dienone is 2. The van der Waals surface area contributed by atoms with E-state index < -0.39 is 11.0 Å². The van der Waals surface area contributed by atoms with Crippen LogP contribution in [0.1, 0.15) is 205 Å². The molecule has 3 aromatic carbocycles. The number of fused-ring (bicyclic) bond motifs is 14. The molecule has 5 aromatic rings. The predicted molar refractivity (Wildman–Crippen MR) is 297 cm³/mol. The summed E-state index contributed by atoms with van der Waals surface area (Å²) in [5.41, 5.74) is 15.1. The van der Waals surface area contributed by atoms with E-state index in [-0.39, 0.29) is 33.7 Å². The van der Waals surface area contributed by atoms with Crippen LogP contribution in [0.15, 0.2) is 77.0 Å². The summed E-state index contributed by atoms with van der Waals surface area (Å²) in [7, 11) is 0. The van der Waals surface area contributed by atoms with Gasteiger partial charge >= 0.3 is 0 Å². The van der Waals surface area contributed by atoms with E-state index in [2.05, 4.69) is 207 Å². The Bertz CT molecular complexity index is 2890. The van der Waals surface area contributed by atoms with Crippen molar-refractivity contribution in [2.45, 2.75) is 223 Å². The second-order valence-corrected chi connectivity index (χ2v) is 26.7. The van der Waals surface area contributed by atoms with Gasteiger partial charge in [0.1, 0.15) is 17.0 Å². The zero-order valence-electron chi connectivity index (χ0n) is 47.3. The molecule has 0 amide bonds. The Labute approximate surface area is 419 Å². The van der Waals surface area contributed by atoms with Crippen LogP contribution in [0.2, 0.25) is 0 Å². The monoisotopic (exact) mass is 932 g/mol. The number of hydrogen-bond acceptors (Lipinski definition) is 2. The van der Waals surface area contributed by atoms with E-state index in [4.69, 9.17) is 11.0 Å². The van der Waals surface area contributed by atoms with Crippen LogP contribution in [0.5, 0.6) is 0 Å². The third kappa shape index (κ3) is 8.07. The van der Waals surface area contributed by atoms with Crippen molar-refractivity contribution in [3.05, 3.63) is 100 Å². The normalized spacial score (nSPS) is 22.0. The van der Waals surface area contributed by atoms with Gasteiger partial charge in [-0.1, -0.05) is 128 Å². The summed E-state index contributed by atoms with van der Waals surface area (Å²) in [5.74, 6) is 0.882. The van der Waals surface area contributed by atoms with Crippen molar-refractivity contribution in [2.24, 2.45) is 17.3 Å². The molecule has 0 bridgehead atoms. The first-order valence-corrected chi connectivity index (χ1v) is 27.5. The van der Waals surface area contributed by atoms with Crippen molar-refractivity contribution in [2.75, 3.05) is 13.1 Å². The van der Waals surface area contributed by atoms with Gasteiger partial charge in [0.05, 0.1) is 5.56 Å². The van der Waals surface area contributed by atoms with Gasteiger partial charge in [-0.05, 0) is 152 Å². The summed E-state index contributed by atoms with van der Waals surface area (Å²) in [4.78, 5) is 2.75. The van der Waals surface area contributed by atoms with Gasteiger partial charge in [0.2, 0.25) is 11.1 Å². The number of furan rings is 1. The van der Waals surface area contributed by atoms with Crippen molar-refractivity contribution in [3.63, 3.8) is 0 Å². The molecule has 2 aliphatic heterocycles. The standard InChI is InChI=1S/C65H93N3O/c1-22-43(23-2)52-36-53(44(24-3)25-4)67(41(7)8)39-64(20)55-47-29-27-26-28-46(47)51(61(13,14)15)35-50(55)57-59-48(30-33-68(57)65(64,21)42(9)38-66(52)40(5)6)49-34-45(37-60(10,11)12)54-56(58(49)69-59)63(18,19)32-31-62(54,16)17/h26-30,33-36,40-41,43-44H,9,22-25,31-32,37-39H2,1-8,10-21H3/q+2. The summed E-state index contributed by atoms with van der Waals surface area (Å²) in [6.07, 6.45) is 12.9. The maximum absolute atomic E-state index is 7.84. The van der Waals surface area contributed by atoms with E-state index in [1.807, 2.05) is 0 Å². The zero-order chi connectivity index (χ0) is 50.7. The van der Waals surface area contributed by atoms with Gasteiger partial charge < -0.3 is 9.32 Å². The third-order valence-corrected chi connectivity index (χ3v) is 18.2. The van der Waals surface area contributed by atoms with Crippen LogP contribution >= 0.6 is 0 Å².